The van der Waals surface area contributed by atoms with E-state index in [0.29, 0.717) is 22.3 Å². The molecule has 0 unspecified atom stereocenters. The Morgan fingerprint density at radius 2 is 2.00 bits per heavy atom. The highest BCUT2D eigenvalue weighted by Gasteiger charge is 2.10. The number of nitrogens with one attached hydrogen (secondary N) is 1. The maximum atomic E-state index is 9.86. The van der Waals surface area contributed by atoms with E-state index in [1.165, 1.54) is 6.07 Å². The summed E-state index contributed by atoms with van der Waals surface area (Å²) in [6.45, 7) is 2.26. The van der Waals surface area contributed by atoms with Crippen LogP contribution in [0.1, 0.15) is 11.1 Å². The fraction of sp³-hybridized carbons (Fsp3) is 0.154. The molecular formula is C13H11Cl3N2O. The fourth-order valence-electron chi connectivity index (χ4n) is 1.68. The summed E-state index contributed by atoms with van der Waals surface area (Å²) in [5, 5.41) is 14.0. The predicted octanol–water partition coefficient (Wildman–Crippen LogP) is 4.67. The van der Waals surface area contributed by atoms with Gasteiger partial charge in [-0.3, -0.25) is 0 Å². The fourth-order valence-corrected chi connectivity index (χ4v) is 2.48. The maximum absolute atomic E-state index is 9.86. The Kier molecular flexibility index (Phi) is 4.40. The summed E-state index contributed by atoms with van der Waals surface area (Å²) in [6.07, 6.45) is 1.64. The molecule has 0 saturated carbocycles. The van der Waals surface area contributed by atoms with E-state index in [0.717, 1.165) is 11.3 Å². The Morgan fingerprint density at radius 3 is 2.68 bits per heavy atom. The van der Waals surface area contributed by atoms with Crippen molar-refractivity contribution in [3.8, 4) is 5.75 Å². The lowest BCUT2D eigenvalue weighted by Gasteiger charge is -2.12. The molecule has 6 heteroatoms. The van der Waals surface area contributed by atoms with E-state index < -0.39 is 0 Å². The molecule has 1 aromatic heterocycles. The third kappa shape index (κ3) is 3.24. The Labute approximate surface area is 126 Å². The largest absolute Gasteiger partial charge is 0.506 e. The van der Waals surface area contributed by atoms with Gasteiger partial charge in [-0.2, -0.15) is 0 Å². The molecule has 0 radical (unpaired) electrons. The summed E-state index contributed by atoms with van der Waals surface area (Å²) in [6, 6.07) is 4.98. The summed E-state index contributed by atoms with van der Waals surface area (Å²) in [5.74, 6) is 0.0104. The van der Waals surface area contributed by atoms with E-state index in [2.05, 4.69) is 10.3 Å². The number of aromatic nitrogens is 1. The average molecular weight is 318 g/mol. The van der Waals surface area contributed by atoms with Gasteiger partial charge in [0, 0.05) is 23.3 Å². The van der Waals surface area contributed by atoms with Gasteiger partial charge in [0.1, 0.15) is 5.75 Å². The molecule has 0 atom stereocenters. The first-order chi connectivity index (χ1) is 8.99. The van der Waals surface area contributed by atoms with Gasteiger partial charge in [0.15, 0.2) is 5.15 Å². The molecule has 1 heterocycles. The third-order valence-electron chi connectivity index (χ3n) is 2.68. The lowest BCUT2D eigenvalue weighted by molar-refractivity contribution is 0.469. The van der Waals surface area contributed by atoms with Crippen LogP contribution < -0.4 is 5.32 Å². The van der Waals surface area contributed by atoms with Gasteiger partial charge in [-0.05, 0) is 30.7 Å². The minimum Gasteiger partial charge on any atom is -0.506 e. The highest BCUT2D eigenvalue weighted by molar-refractivity contribution is 6.35. The van der Waals surface area contributed by atoms with Gasteiger partial charge in [0.05, 0.1) is 10.7 Å². The number of aryl methyl sites for hydroxylation is 1. The zero-order valence-corrected chi connectivity index (χ0v) is 12.3. The van der Waals surface area contributed by atoms with Crippen molar-refractivity contribution in [1.82, 2.24) is 4.98 Å². The number of phenolic OH excluding ortho intramolecular Hbond substituents is 1. The van der Waals surface area contributed by atoms with E-state index in [1.54, 1.807) is 12.3 Å². The number of phenols is 1. The molecule has 0 saturated heterocycles. The second-order valence-corrected chi connectivity index (χ2v) is 5.24. The van der Waals surface area contributed by atoms with Gasteiger partial charge in [-0.1, -0.05) is 34.8 Å². The van der Waals surface area contributed by atoms with Gasteiger partial charge < -0.3 is 10.4 Å². The number of pyridine rings is 1. The highest BCUT2D eigenvalue weighted by atomic mass is 35.5. The monoisotopic (exact) mass is 316 g/mol. The predicted molar refractivity (Wildman–Crippen MR) is 79.4 cm³/mol. The Morgan fingerprint density at radius 1 is 1.26 bits per heavy atom. The van der Waals surface area contributed by atoms with Crippen molar-refractivity contribution in [2.24, 2.45) is 0 Å². The summed E-state index contributed by atoms with van der Waals surface area (Å²) in [5.41, 5.74) is 2.28. The SMILES string of the molecule is Cc1ccnc(Cl)c1NCc1cc(Cl)cc(Cl)c1O. The van der Waals surface area contributed by atoms with Gasteiger partial charge in [-0.15, -0.1) is 0 Å². The van der Waals surface area contributed by atoms with E-state index in [4.69, 9.17) is 34.8 Å². The summed E-state index contributed by atoms with van der Waals surface area (Å²) >= 11 is 17.8. The normalized spacial score (nSPS) is 10.5. The maximum Gasteiger partial charge on any atom is 0.152 e. The molecule has 19 heavy (non-hydrogen) atoms. The van der Waals surface area contributed by atoms with Gasteiger partial charge >= 0.3 is 0 Å². The second-order valence-electron chi connectivity index (χ2n) is 4.04. The van der Waals surface area contributed by atoms with Crippen molar-refractivity contribution in [2.45, 2.75) is 13.5 Å². The van der Waals surface area contributed by atoms with Crippen LogP contribution in [0.4, 0.5) is 5.69 Å². The number of nitrogens with zero attached hydrogens (tertiary/aromatic N) is 1. The number of aromatic hydroxyl groups is 1. The number of benzene rings is 1. The topological polar surface area (TPSA) is 45.2 Å². The number of halogens is 3. The molecule has 0 aliphatic rings. The molecule has 100 valence electrons. The van der Waals surface area contributed by atoms with Crippen LogP contribution in [-0.2, 0) is 6.54 Å². The van der Waals surface area contributed by atoms with E-state index in [1.807, 2.05) is 13.0 Å². The molecule has 0 aliphatic carbocycles. The molecule has 3 nitrogen and oxygen atoms in total. The molecule has 0 aliphatic heterocycles. The van der Waals surface area contributed by atoms with Crippen molar-refractivity contribution in [3.05, 3.63) is 50.7 Å². The first-order valence-corrected chi connectivity index (χ1v) is 6.64. The quantitative estimate of drug-likeness (QED) is 0.809. The van der Waals surface area contributed by atoms with Crippen molar-refractivity contribution in [2.75, 3.05) is 5.32 Å². The van der Waals surface area contributed by atoms with E-state index >= 15 is 0 Å². The van der Waals surface area contributed by atoms with Crippen LogP contribution in [0, 0.1) is 6.92 Å². The zero-order chi connectivity index (χ0) is 14.0. The van der Waals surface area contributed by atoms with Crippen LogP contribution in [0.25, 0.3) is 0 Å². The Hall–Kier alpha value is -1.16. The number of anilines is 1. The molecular weight excluding hydrogens is 307 g/mol. The number of rotatable bonds is 3. The van der Waals surface area contributed by atoms with Crippen LogP contribution in [0.15, 0.2) is 24.4 Å². The minimum atomic E-state index is 0.0104. The number of hydrogen-bond acceptors (Lipinski definition) is 3. The first kappa shape index (κ1) is 14.3. The van der Waals surface area contributed by atoms with E-state index in [9.17, 15) is 5.11 Å². The lowest BCUT2D eigenvalue weighted by Crippen LogP contribution is -2.03. The number of hydrogen-bond donors (Lipinski definition) is 2. The third-order valence-corrected chi connectivity index (χ3v) is 3.47. The zero-order valence-electron chi connectivity index (χ0n) is 10.0. The highest BCUT2D eigenvalue weighted by Crippen LogP contribution is 2.32. The molecule has 2 N–H and O–H groups in total. The Balaban J connectivity index is 2.24. The van der Waals surface area contributed by atoms with Gasteiger partial charge in [-0.25, -0.2) is 4.98 Å². The summed E-state index contributed by atoms with van der Waals surface area (Å²) < 4.78 is 0. The smallest absolute Gasteiger partial charge is 0.152 e. The van der Waals surface area contributed by atoms with Gasteiger partial charge in [0.25, 0.3) is 0 Å². The molecule has 2 rings (SSSR count). The van der Waals surface area contributed by atoms with E-state index in [-0.39, 0.29) is 10.8 Å². The minimum absolute atomic E-state index is 0.0104. The van der Waals surface area contributed by atoms with Crippen LogP contribution in [0.5, 0.6) is 5.75 Å². The summed E-state index contributed by atoms with van der Waals surface area (Å²) in [4.78, 5) is 4.00. The van der Waals surface area contributed by atoms with Crippen molar-refractivity contribution >= 4 is 40.5 Å². The lowest BCUT2D eigenvalue weighted by atomic mass is 10.2. The van der Waals surface area contributed by atoms with Crippen LogP contribution in [0.2, 0.25) is 15.2 Å². The van der Waals surface area contributed by atoms with Crippen molar-refractivity contribution < 1.29 is 5.11 Å². The molecule has 0 fully saturated rings. The van der Waals surface area contributed by atoms with Crippen molar-refractivity contribution in [3.63, 3.8) is 0 Å². The Bertz CT molecular complexity index is 597. The molecule has 0 bridgehead atoms. The first-order valence-electron chi connectivity index (χ1n) is 5.51. The van der Waals surface area contributed by atoms with Crippen LogP contribution >= 0.6 is 34.8 Å². The molecule has 0 spiro atoms. The molecule has 2 aromatic rings. The van der Waals surface area contributed by atoms with Crippen LogP contribution in [-0.4, -0.2) is 10.1 Å². The van der Waals surface area contributed by atoms with Gasteiger partial charge in [0.2, 0.25) is 0 Å². The van der Waals surface area contributed by atoms with Crippen LogP contribution in [0.3, 0.4) is 0 Å². The molecule has 0 amide bonds. The summed E-state index contributed by atoms with van der Waals surface area (Å²) in [7, 11) is 0. The average Bonchev–Trinajstić information content (AvgIpc) is 2.34. The standard InChI is InChI=1S/C13H11Cl3N2O/c1-7-2-3-17-13(16)11(7)18-6-8-4-9(14)5-10(15)12(8)19/h2-5,18-19H,6H2,1H3. The molecule has 1 aromatic carbocycles. The van der Waals surface area contributed by atoms with Crippen molar-refractivity contribution in [1.29, 1.82) is 0 Å². The second kappa shape index (κ2) is 5.87.